The number of sulfonamides is 1. The number of hydrogen-bond donors (Lipinski definition) is 1. The molecular formula is C11H17Br2NO2S2. The lowest BCUT2D eigenvalue weighted by atomic mass is 9.97. The zero-order valence-corrected chi connectivity index (χ0v) is 15.4. The topological polar surface area (TPSA) is 46.2 Å². The van der Waals surface area contributed by atoms with Gasteiger partial charge < -0.3 is 0 Å². The van der Waals surface area contributed by atoms with Crippen molar-refractivity contribution < 1.29 is 8.42 Å². The molecule has 1 aromatic heterocycles. The van der Waals surface area contributed by atoms with Gasteiger partial charge in [-0.05, 0) is 41.8 Å². The van der Waals surface area contributed by atoms with Crippen LogP contribution < -0.4 is 4.72 Å². The lowest BCUT2D eigenvalue weighted by Gasteiger charge is -2.30. The number of aryl methyl sites for hydroxylation is 1. The summed E-state index contributed by atoms with van der Waals surface area (Å²) in [5.74, 6) is 0. The van der Waals surface area contributed by atoms with Gasteiger partial charge in [0.1, 0.15) is 0 Å². The average molecular weight is 419 g/mol. The van der Waals surface area contributed by atoms with Crippen LogP contribution in [-0.4, -0.2) is 19.3 Å². The van der Waals surface area contributed by atoms with Crippen molar-refractivity contribution in [1.82, 2.24) is 4.72 Å². The van der Waals surface area contributed by atoms with Crippen molar-refractivity contribution >= 4 is 53.2 Å². The molecule has 7 heteroatoms. The maximum Gasteiger partial charge on any atom is 0.242 e. The van der Waals surface area contributed by atoms with E-state index in [0.29, 0.717) is 10.2 Å². The molecule has 104 valence electrons. The second-order valence-corrected chi connectivity index (χ2v) is 9.04. The second-order valence-electron chi connectivity index (χ2n) is 4.20. The van der Waals surface area contributed by atoms with Crippen LogP contribution in [0.5, 0.6) is 0 Å². The van der Waals surface area contributed by atoms with E-state index in [4.69, 9.17) is 0 Å². The molecule has 1 aromatic rings. The van der Waals surface area contributed by atoms with Crippen molar-refractivity contribution in [2.75, 3.05) is 5.33 Å². The van der Waals surface area contributed by atoms with Gasteiger partial charge in [-0.3, -0.25) is 0 Å². The second kappa shape index (κ2) is 6.35. The molecule has 0 aliphatic rings. The number of nitrogens with one attached hydrogen (secondary N) is 1. The van der Waals surface area contributed by atoms with E-state index in [9.17, 15) is 8.42 Å². The van der Waals surface area contributed by atoms with Crippen molar-refractivity contribution in [3.63, 3.8) is 0 Å². The first-order chi connectivity index (χ1) is 8.30. The molecule has 0 saturated heterocycles. The first kappa shape index (κ1) is 16.6. The summed E-state index contributed by atoms with van der Waals surface area (Å²) in [5.41, 5.74) is -0.417. The van der Waals surface area contributed by atoms with Crippen molar-refractivity contribution in [1.29, 1.82) is 0 Å². The minimum absolute atomic E-state index is 0.367. The van der Waals surface area contributed by atoms with Crippen LogP contribution in [0.15, 0.2) is 14.7 Å². The summed E-state index contributed by atoms with van der Waals surface area (Å²) >= 11 is 8.16. The van der Waals surface area contributed by atoms with Crippen molar-refractivity contribution in [3.8, 4) is 0 Å². The van der Waals surface area contributed by atoms with Crippen LogP contribution in [0.3, 0.4) is 0 Å². The number of alkyl halides is 1. The Morgan fingerprint density at radius 3 is 2.28 bits per heavy atom. The molecule has 18 heavy (non-hydrogen) atoms. The van der Waals surface area contributed by atoms with Gasteiger partial charge in [-0.15, -0.1) is 11.3 Å². The maximum atomic E-state index is 12.4. The lowest BCUT2D eigenvalue weighted by molar-refractivity contribution is 0.398. The molecule has 0 aromatic carbocycles. The van der Waals surface area contributed by atoms with Gasteiger partial charge in [0, 0.05) is 15.7 Å². The SMILES string of the molecule is CCC(CC)(CBr)NS(=O)(=O)c1cc(Br)sc1C. The first-order valence-electron chi connectivity index (χ1n) is 5.66. The third-order valence-corrected chi connectivity index (χ3v) is 7.55. The van der Waals surface area contributed by atoms with Gasteiger partial charge in [-0.1, -0.05) is 29.8 Å². The highest BCUT2D eigenvalue weighted by Gasteiger charge is 2.32. The van der Waals surface area contributed by atoms with Crippen LogP contribution in [0.1, 0.15) is 31.6 Å². The first-order valence-corrected chi connectivity index (χ1v) is 9.87. The Morgan fingerprint density at radius 2 is 1.94 bits per heavy atom. The molecule has 0 unspecified atom stereocenters. The number of rotatable bonds is 6. The number of thiophene rings is 1. The molecule has 1 N–H and O–H groups in total. The molecule has 3 nitrogen and oxygen atoms in total. The van der Waals surface area contributed by atoms with E-state index in [1.165, 1.54) is 11.3 Å². The van der Waals surface area contributed by atoms with Gasteiger partial charge in [-0.2, -0.15) is 0 Å². The molecule has 1 rings (SSSR count). The smallest absolute Gasteiger partial charge is 0.207 e. The van der Waals surface area contributed by atoms with E-state index in [2.05, 4.69) is 36.6 Å². The quantitative estimate of drug-likeness (QED) is 0.708. The minimum Gasteiger partial charge on any atom is -0.207 e. The Kier molecular flexibility index (Phi) is 5.86. The Labute approximate surface area is 130 Å². The molecule has 0 atom stereocenters. The van der Waals surface area contributed by atoms with Gasteiger partial charge in [0.25, 0.3) is 0 Å². The van der Waals surface area contributed by atoms with Crippen molar-refractivity contribution in [2.45, 2.75) is 44.0 Å². The summed E-state index contributed by atoms with van der Waals surface area (Å²) in [6, 6.07) is 1.66. The van der Waals surface area contributed by atoms with Crippen molar-refractivity contribution in [3.05, 3.63) is 14.7 Å². The van der Waals surface area contributed by atoms with E-state index < -0.39 is 15.6 Å². The van der Waals surface area contributed by atoms with Gasteiger partial charge in [0.05, 0.1) is 8.68 Å². The summed E-state index contributed by atoms with van der Waals surface area (Å²) < 4.78 is 28.5. The van der Waals surface area contributed by atoms with Gasteiger partial charge >= 0.3 is 0 Å². The van der Waals surface area contributed by atoms with Crippen molar-refractivity contribution in [2.24, 2.45) is 0 Å². The van der Waals surface area contributed by atoms with Crippen LogP contribution in [-0.2, 0) is 10.0 Å². The highest BCUT2D eigenvalue weighted by Crippen LogP contribution is 2.31. The summed E-state index contributed by atoms with van der Waals surface area (Å²) in [6.45, 7) is 5.80. The molecule has 0 aliphatic carbocycles. The molecule has 0 saturated carbocycles. The average Bonchev–Trinajstić information content (AvgIpc) is 2.66. The maximum absolute atomic E-state index is 12.4. The monoisotopic (exact) mass is 417 g/mol. The fourth-order valence-corrected chi connectivity index (χ4v) is 6.73. The Balaban J connectivity index is 3.12. The van der Waals surface area contributed by atoms with Gasteiger partial charge in [0.15, 0.2) is 0 Å². The van der Waals surface area contributed by atoms with E-state index >= 15 is 0 Å². The van der Waals surface area contributed by atoms with E-state index in [0.717, 1.165) is 21.5 Å². The van der Waals surface area contributed by atoms with Crippen LogP contribution >= 0.6 is 43.2 Å². The molecule has 0 aliphatic heterocycles. The molecule has 0 radical (unpaired) electrons. The zero-order chi connectivity index (χ0) is 14.0. The predicted molar refractivity (Wildman–Crippen MR) is 84.2 cm³/mol. The van der Waals surface area contributed by atoms with E-state index in [1.807, 2.05) is 20.8 Å². The fraction of sp³-hybridized carbons (Fsp3) is 0.636. The third kappa shape index (κ3) is 3.56. The van der Waals surface area contributed by atoms with Crippen LogP contribution in [0.25, 0.3) is 0 Å². The van der Waals surface area contributed by atoms with Crippen LogP contribution in [0.4, 0.5) is 0 Å². The van der Waals surface area contributed by atoms with E-state index in [1.54, 1.807) is 6.07 Å². The summed E-state index contributed by atoms with van der Waals surface area (Å²) in [4.78, 5) is 1.16. The normalized spacial score (nSPS) is 12.9. The van der Waals surface area contributed by atoms with Crippen LogP contribution in [0.2, 0.25) is 0 Å². The summed E-state index contributed by atoms with van der Waals surface area (Å²) in [7, 11) is -3.46. The summed E-state index contributed by atoms with van der Waals surface area (Å²) in [6.07, 6.45) is 1.50. The fourth-order valence-electron chi connectivity index (χ4n) is 1.65. The third-order valence-electron chi connectivity index (χ3n) is 3.09. The Hall–Kier alpha value is 0.570. The van der Waals surface area contributed by atoms with Gasteiger partial charge in [0.2, 0.25) is 10.0 Å². The highest BCUT2D eigenvalue weighted by atomic mass is 79.9. The minimum atomic E-state index is -3.46. The Morgan fingerprint density at radius 1 is 1.39 bits per heavy atom. The molecule has 0 spiro atoms. The van der Waals surface area contributed by atoms with Crippen LogP contribution in [0, 0.1) is 6.92 Å². The largest absolute Gasteiger partial charge is 0.242 e. The molecule has 1 heterocycles. The lowest BCUT2D eigenvalue weighted by Crippen LogP contribution is -2.48. The van der Waals surface area contributed by atoms with E-state index in [-0.39, 0.29) is 0 Å². The zero-order valence-electron chi connectivity index (χ0n) is 10.6. The standard InChI is InChI=1S/C11H17Br2NO2S2/c1-4-11(5-2,7-12)14-18(15,16)9-6-10(13)17-8(9)3/h6,14H,4-5,7H2,1-3H3. The predicted octanol–water partition coefficient (Wildman–Crippen LogP) is 4.05. The number of hydrogen-bond acceptors (Lipinski definition) is 3. The molecular weight excluding hydrogens is 402 g/mol. The highest BCUT2D eigenvalue weighted by molar-refractivity contribution is 9.11. The number of halogens is 2. The summed E-state index contributed by atoms with van der Waals surface area (Å²) in [5, 5.41) is 0.608. The Bertz CT molecular complexity index is 499. The molecule has 0 amide bonds. The molecule has 0 fully saturated rings. The van der Waals surface area contributed by atoms with Gasteiger partial charge in [-0.25, -0.2) is 13.1 Å². The molecule has 0 bridgehead atoms.